The molecule has 0 aromatic carbocycles. The molecular formula is C7H11N3S. The summed E-state index contributed by atoms with van der Waals surface area (Å²) in [5, 5.41) is 4.07. The number of rotatable bonds is 0. The highest BCUT2D eigenvalue weighted by Crippen LogP contribution is 2.24. The third-order valence-corrected chi connectivity index (χ3v) is 2.83. The van der Waals surface area contributed by atoms with E-state index in [4.69, 9.17) is 5.73 Å². The van der Waals surface area contributed by atoms with Gasteiger partial charge in [-0.25, -0.2) is 4.98 Å². The maximum Gasteiger partial charge on any atom is 0.180 e. The summed E-state index contributed by atoms with van der Waals surface area (Å²) >= 11 is 1.60. The molecule has 0 fully saturated rings. The number of hydrogen-bond donors (Lipinski definition) is 2. The van der Waals surface area contributed by atoms with Crippen molar-refractivity contribution in [2.45, 2.75) is 25.9 Å². The molecule has 1 aliphatic heterocycles. The number of nitrogen functional groups attached to an aromatic ring is 1. The van der Waals surface area contributed by atoms with Crippen LogP contribution in [0.3, 0.4) is 0 Å². The Balaban J connectivity index is 2.34. The van der Waals surface area contributed by atoms with Gasteiger partial charge in [-0.05, 0) is 6.92 Å². The minimum atomic E-state index is 0.545. The van der Waals surface area contributed by atoms with E-state index in [1.165, 1.54) is 10.6 Å². The molecule has 1 aromatic rings. The molecule has 2 rings (SSSR count). The molecule has 1 aliphatic rings. The molecule has 0 saturated heterocycles. The van der Waals surface area contributed by atoms with E-state index in [1.807, 2.05) is 0 Å². The summed E-state index contributed by atoms with van der Waals surface area (Å²) in [6.07, 6.45) is 1.02. The van der Waals surface area contributed by atoms with Crippen molar-refractivity contribution >= 4 is 16.5 Å². The molecule has 0 radical (unpaired) electrons. The zero-order chi connectivity index (χ0) is 7.84. The first kappa shape index (κ1) is 7.06. The van der Waals surface area contributed by atoms with E-state index in [1.54, 1.807) is 11.3 Å². The van der Waals surface area contributed by atoms with Crippen molar-refractivity contribution in [2.75, 3.05) is 5.73 Å². The topological polar surface area (TPSA) is 50.9 Å². The summed E-state index contributed by atoms with van der Waals surface area (Å²) in [4.78, 5) is 5.56. The lowest BCUT2D eigenvalue weighted by Gasteiger charge is -2.17. The molecule has 1 aromatic heterocycles. The van der Waals surface area contributed by atoms with Crippen LogP contribution in [0.1, 0.15) is 17.5 Å². The maximum absolute atomic E-state index is 5.58. The van der Waals surface area contributed by atoms with Gasteiger partial charge in [-0.1, -0.05) is 0 Å². The van der Waals surface area contributed by atoms with Crippen LogP contribution < -0.4 is 11.1 Å². The van der Waals surface area contributed by atoms with Crippen LogP contribution >= 0.6 is 11.3 Å². The molecule has 1 unspecified atom stereocenters. The molecule has 4 heteroatoms. The fourth-order valence-electron chi connectivity index (χ4n) is 1.33. The largest absolute Gasteiger partial charge is 0.375 e. The van der Waals surface area contributed by atoms with E-state index in [0.29, 0.717) is 11.2 Å². The van der Waals surface area contributed by atoms with Crippen molar-refractivity contribution in [3.05, 3.63) is 10.6 Å². The van der Waals surface area contributed by atoms with Gasteiger partial charge in [0.05, 0.1) is 5.69 Å². The van der Waals surface area contributed by atoms with Gasteiger partial charge >= 0.3 is 0 Å². The molecule has 11 heavy (non-hydrogen) atoms. The predicted octanol–water partition coefficient (Wildman–Crippen LogP) is 0.760. The fourth-order valence-corrected chi connectivity index (χ4v) is 2.14. The van der Waals surface area contributed by atoms with E-state index in [2.05, 4.69) is 17.2 Å². The third-order valence-electron chi connectivity index (χ3n) is 1.91. The van der Waals surface area contributed by atoms with Crippen LogP contribution in [0.15, 0.2) is 0 Å². The van der Waals surface area contributed by atoms with Crippen LogP contribution in [0.2, 0.25) is 0 Å². The molecule has 0 aliphatic carbocycles. The van der Waals surface area contributed by atoms with E-state index in [0.717, 1.165) is 13.0 Å². The Morgan fingerprint density at radius 3 is 3.36 bits per heavy atom. The predicted molar refractivity (Wildman–Crippen MR) is 46.5 cm³/mol. The van der Waals surface area contributed by atoms with E-state index < -0.39 is 0 Å². The number of hydrogen-bond acceptors (Lipinski definition) is 4. The molecule has 3 nitrogen and oxygen atoms in total. The molecular weight excluding hydrogens is 158 g/mol. The number of fused-ring (bicyclic) bond motifs is 1. The van der Waals surface area contributed by atoms with Gasteiger partial charge in [0, 0.05) is 23.9 Å². The van der Waals surface area contributed by atoms with E-state index in [-0.39, 0.29) is 0 Å². The Morgan fingerprint density at radius 2 is 2.55 bits per heavy atom. The number of nitrogens with one attached hydrogen (secondary N) is 1. The van der Waals surface area contributed by atoms with Gasteiger partial charge in [0.1, 0.15) is 0 Å². The SMILES string of the molecule is CC1Cc2nc(N)sc2CN1. The standard InChI is InChI=1S/C7H11N3S/c1-4-2-5-6(3-9-4)11-7(8)10-5/h4,9H,2-3H2,1H3,(H2,8,10). The van der Waals surface area contributed by atoms with Crippen LogP contribution in [0.4, 0.5) is 5.13 Å². The van der Waals surface area contributed by atoms with Gasteiger partial charge in [0.2, 0.25) is 0 Å². The number of nitrogens with zero attached hydrogens (tertiary/aromatic N) is 1. The van der Waals surface area contributed by atoms with Crippen molar-refractivity contribution in [3.8, 4) is 0 Å². The minimum absolute atomic E-state index is 0.545. The van der Waals surface area contributed by atoms with Crippen molar-refractivity contribution in [3.63, 3.8) is 0 Å². The third kappa shape index (κ3) is 1.23. The van der Waals surface area contributed by atoms with Crippen molar-refractivity contribution in [1.82, 2.24) is 10.3 Å². The summed E-state index contributed by atoms with van der Waals surface area (Å²) in [6, 6.07) is 0.545. The lowest BCUT2D eigenvalue weighted by Crippen LogP contribution is -2.32. The molecule has 2 heterocycles. The summed E-state index contributed by atoms with van der Waals surface area (Å²) in [7, 11) is 0. The van der Waals surface area contributed by atoms with Gasteiger partial charge < -0.3 is 11.1 Å². The van der Waals surface area contributed by atoms with E-state index in [9.17, 15) is 0 Å². The first-order valence-corrected chi connectivity index (χ1v) is 4.55. The van der Waals surface area contributed by atoms with Gasteiger partial charge in [0.25, 0.3) is 0 Å². The lowest BCUT2D eigenvalue weighted by atomic mass is 10.1. The maximum atomic E-state index is 5.58. The number of anilines is 1. The second-order valence-electron chi connectivity index (χ2n) is 2.91. The highest BCUT2D eigenvalue weighted by atomic mass is 32.1. The number of aromatic nitrogens is 1. The van der Waals surface area contributed by atoms with Gasteiger partial charge in [-0.3, -0.25) is 0 Å². The first-order chi connectivity index (χ1) is 5.25. The second-order valence-corrected chi connectivity index (χ2v) is 4.02. The Kier molecular flexibility index (Phi) is 1.58. The average molecular weight is 169 g/mol. The average Bonchev–Trinajstić information content (AvgIpc) is 2.27. The summed E-state index contributed by atoms with van der Waals surface area (Å²) in [5.41, 5.74) is 6.78. The Bertz CT molecular complexity index is 269. The van der Waals surface area contributed by atoms with E-state index >= 15 is 0 Å². The molecule has 60 valence electrons. The van der Waals surface area contributed by atoms with Gasteiger partial charge in [-0.15, -0.1) is 11.3 Å². The zero-order valence-corrected chi connectivity index (χ0v) is 7.24. The highest BCUT2D eigenvalue weighted by molar-refractivity contribution is 7.15. The molecule has 0 amide bonds. The first-order valence-electron chi connectivity index (χ1n) is 3.73. The van der Waals surface area contributed by atoms with Gasteiger partial charge in [0.15, 0.2) is 5.13 Å². The van der Waals surface area contributed by atoms with Crippen molar-refractivity contribution < 1.29 is 0 Å². The second kappa shape index (κ2) is 2.46. The van der Waals surface area contributed by atoms with Crippen molar-refractivity contribution in [2.24, 2.45) is 0 Å². The monoisotopic (exact) mass is 169 g/mol. The number of thiazole rings is 1. The Morgan fingerprint density at radius 1 is 1.73 bits per heavy atom. The Hall–Kier alpha value is -0.610. The highest BCUT2D eigenvalue weighted by Gasteiger charge is 2.17. The minimum Gasteiger partial charge on any atom is -0.375 e. The zero-order valence-electron chi connectivity index (χ0n) is 6.42. The normalized spacial score (nSPS) is 23.2. The summed E-state index contributed by atoms with van der Waals surface area (Å²) < 4.78 is 0. The van der Waals surface area contributed by atoms with Crippen LogP contribution in [0, 0.1) is 0 Å². The molecule has 0 spiro atoms. The Labute approximate surface area is 69.6 Å². The molecule has 0 saturated carbocycles. The van der Waals surface area contributed by atoms with Crippen LogP contribution in [-0.2, 0) is 13.0 Å². The molecule has 0 bridgehead atoms. The van der Waals surface area contributed by atoms with Gasteiger partial charge in [-0.2, -0.15) is 0 Å². The number of nitrogens with two attached hydrogens (primary N) is 1. The lowest BCUT2D eigenvalue weighted by molar-refractivity contribution is 0.513. The van der Waals surface area contributed by atoms with Crippen LogP contribution in [0.25, 0.3) is 0 Å². The summed E-state index contributed by atoms with van der Waals surface area (Å²) in [6.45, 7) is 3.10. The smallest absolute Gasteiger partial charge is 0.180 e. The quantitative estimate of drug-likeness (QED) is 0.603. The van der Waals surface area contributed by atoms with Crippen LogP contribution in [0.5, 0.6) is 0 Å². The van der Waals surface area contributed by atoms with Crippen LogP contribution in [-0.4, -0.2) is 11.0 Å². The van der Waals surface area contributed by atoms with Crippen molar-refractivity contribution in [1.29, 1.82) is 0 Å². The summed E-state index contributed by atoms with van der Waals surface area (Å²) in [5.74, 6) is 0. The molecule has 1 atom stereocenters. The molecule has 3 N–H and O–H groups in total. The fraction of sp³-hybridized carbons (Fsp3) is 0.571.